The maximum absolute atomic E-state index is 12.8. The molecule has 0 N–H and O–H groups in total. The van der Waals surface area contributed by atoms with Gasteiger partial charge in [-0.2, -0.15) is 13.9 Å². The number of fused-ring (bicyclic) bond motifs is 1. The fourth-order valence-corrected chi connectivity index (χ4v) is 5.52. The van der Waals surface area contributed by atoms with Crippen LogP contribution in [-0.4, -0.2) is 54.6 Å². The predicted molar refractivity (Wildman–Crippen MR) is 135 cm³/mol. The highest BCUT2D eigenvalue weighted by molar-refractivity contribution is 7.16. The van der Waals surface area contributed by atoms with Gasteiger partial charge in [-0.3, -0.25) is 19.0 Å². The average Bonchev–Trinajstić information content (AvgIpc) is 3.64. The molecule has 0 spiro atoms. The minimum atomic E-state index is -2.83. The van der Waals surface area contributed by atoms with Crippen molar-refractivity contribution in [2.45, 2.75) is 31.9 Å². The molecule has 1 aliphatic rings. The SMILES string of the molecule is CN1CCC(n2cc(-c3ccc4c(c3)sc(=O)n4Cc3ccc(-c4nnc(C(F)F)o4)cn3)cn2)CC1. The first-order valence-corrected chi connectivity index (χ1v) is 12.7. The van der Waals surface area contributed by atoms with E-state index in [4.69, 9.17) is 4.42 Å². The molecular formula is C25H23F2N7O2S. The first-order valence-electron chi connectivity index (χ1n) is 11.9. The van der Waals surface area contributed by atoms with Crippen LogP contribution in [0.5, 0.6) is 0 Å². The summed E-state index contributed by atoms with van der Waals surface area (Å²) in [6.07, 6.45) is 4.79. The summed E-state index contributed by atoms with van der Waals surface area (Å²) in [6.45, 7) is 2.42. The van der Waals surface area contributed by atoms with E-state index in [9.17, 15) is 13.6 Å². The lowest BCUT2D eigenvalue weighted by atomic mass is 10.1. The minimum Gasteiger partial charge on any atom is -0.415 e. The molecule has 5 aromatic rings. The zero-order valence-corrected chi connectivity index (χ0v) is 20.7. The van der Waals surface area contributed by atoms with Crippen molar-refractivity contribution >= 4 is 21.6 Å². The van der Waals surface area contributed by atoms with Crippen LogP contribution in [0.2, 0.25) is 0 Å². The first-order chi connectivity index (χ1) is 17.9. The molecular weight excluding hydrogens is 500 g/mol. The molecule has 9 nitrogen and oxygen atoms in total. The molecule has 1 fully saturated rings. The Kier molecular flexibility index (Phi) is 6.13. The summed E-state index contributed by atoms with van der Waals surface area (Å²) in [5, 5.41) is 11.6. The molecule has 0 unspecified atom stereocenters. The number of likely N-dealkylation sites (tertiary alicyclic amines) is 1. The number of nitrogens with zero attached hydrogens (tertiary/aromatic N) is 7. The number of thiazole rings is 1. The number of pyridine rings is 1. The highest BCUT2D eigenvalue weighted by Crippen LogP contribution is 2.29. The van der Waals surface area contributed by atoms with Crippen molar-refractivity contribution in [2.24, 2.45) is 0 Å². The van der Waals surface area contributed by atoms with Crippen molar-refractivity contribution < 1.29 is 13.2 Å². The van der Waals surface area contributed by atoms with Gasteiger partial charge in [0.2, 0.25) is 5.89 Å². The Hall–Kier alpha value is -3.77. The molecule has 1 aliphatic heterocycles. The summed E-state index contributed by atoms with van der Waals surface area (Å²) in [5.41, 5.74) is 3.94. The van der Waals surface area contributed by atoms with Gasteiger partial charge >= 0.3 is 11.3 Å². The fourth-order valence-electron chi connectivity index (χ4n) is 4.59. The van der Waals surface area contributed by atoms with Crippen molar-refractivity contribution in [1.29, 1.82) is 0 Å². The average molecular weight is 524 g/mol. The number of alkyl halides is 2. The Morgan fingerprint density at radius 2 is 1.89 bits per heavy atom. The van der Waals surface area contributed by atoms with Crippen LogP contribution >= 0.6 is 11.3 Å². The van der Waals surface area contributed by atoms with Crippen molar-refractivity contribution in [2.75, 3.05) is 20.1 Å². The summed E-state index contributed by atoms with van der Waals surface area (Å²) in [5.74, 6) is -0.761. The van der Waals surface area contributed by atoms with Gasteiger partial charge < -0.3 is 9.32 Å². The summed E-state index contributed by atoms with van der Waals surface area (Å²) in [7, 11) is 2.14. The van der Waals surface area contributed by atoms with E-state index in [-0.39, 0.29) is 17.3 Å². The van der Waals surface area contributed by atoms with Crippen molar-refractivity contribution in [3.8, 4) is 22.6 Å². The molecule has 12 heteroatoms. The third kappa shape index (κ3) is 4.69. The molecule has 1 aromatic carbocycles. The smallest absolute Gasteiger partial charge is 0.314 e. The zero-order chi connectivity index (χ0) is 25.5. The number of aromatic nitrogens is 6. The second-order valence-electron chi connectivity index (χ2n) is 9.16. The van der Waals surface area contributed by atoms with E-state index in [0.29, 0.717) is 17.3 Å². The van der Waals surface area contributed by atoms with Gasteiger partial charge in [-0.25, -0.2) is 0 Å². The van der Waals surface area contributed by atoms with Gasteiger partial charge in [-0.05, 0) is 62.8 Å². The Labute approximate surface area is 214 Å². The van der Waals surface area contributed by atoms with Gasteiger partial charge in [0.05, 0.1) is 40.3 Å². The van der Waals surface area contributed by atoms with Crippen LogP contribution in [0.3, 0.4) is 0 Å². The number of piperidine rings is 1. The van der Waals surface area contributed by atoms with Gasteiger partial charge in [-0.15, -0.1) is 10.2 Å². The van der Waals surface area contributed by atoms with Gasteiger partial charge in [0, 0.05) is 18.0 Å². The molecule has 0 amide bonds. The maximum Gasteiger partial charge on any atom is 0.314 e. The third-order valence-electron chi connectivity index (χ3n) is 6.68. The number of hydrogen-bond donors (Lipinski definition) is 0. The molecule has 6 rings (SSSR count). The zero-order valence-electron chi connectivity index (χ0n) is 19.9. The highest BCUT2D eigenvalue weighted by atomic mass is 32.1. The second kappa shape index (κ2) is 9.60. The second-order valence-corrected chi connectivity index (χ2v) is 10.2. The van der Waals surface area contributed by atoms with E-state index in [0.717, 1.165) is 47.3 Å². The molecule has 0 aliphatic carbocycles. The van der Waals surface area contributed by atoms with Crippen LogP contribution in [0.1, 0.15) is 36.9 Å². The Balaban J connectivity index is 1.21. The largest absolute Gasteiger partial charge is 0.415 e. The van der Waals surface area contributed by atoms with E-state index in [2.05, 4.69) is 43.1 Å². The third-order valence-corrected chi connectivity index (χ3v) is 7.63. The molecule has 0 bridgehead atoms. The first kappa shape index (κ1) is 23.6. The molecule has 190 valence electrons. The topological polar surface area (TPSA) is 94.9 Å². The summed E-state index contributed by atoms with van der Waals surface area (Å²) in [6, 6.07) is 9.77. The molecule has 4 aromatic heterocycles. The number of halogens is 2. The van der Waals surface area contributed by atoms with Crippen LogP contribution in [0, 0.1) is 0 Å². The van der Waals surface area contributed by atoms with Gasteiger partial charge in [0.25, 0.3) is 5.89 Å². The minimum absolute atomic E-state index is 0.0285. The van der Waals surface area contributed by atoms with E-state index in [1.807, 2.05) is 24.4 Å². The molecule has 1 saturated heterocycles. The maximum atomic E-state index is 12.8. The molecule has 5 heterocycles. The van der Waals surface area contributed by atoms with Gasteiger partial charge in [0.15, 0.2) is 0 Å². The lowest BCUT2D eigenvalue weighted by molar-refractivity contribution is 0.116. The van der Waals surface area contributed by atoms with Crippen molar-refractivity contribution in [3.05, 3.63) is 70.2 Å². The van der Waals surface area contributed by atoms with Crippen molar-refractivity contribution in [1.82, 2.24) is 34.4 Å². The van der Waals surface area contributed by atoms with Crippen molar-refractivity contribution in [3.63, 3.8) is 0 Å². The Bertz CT molecular complexity index is 1600. The molecule has 0 radical (unpaired) electrons. The van der Waals surface area contributed by atoms with E-state index >= 15 is 0 Å². The van der Waals surface area contributed by atoms with Crippen LogP contribution in [0.15, 0.2) is 58.1 Å². The summed E-state index contributed by atoms with van der Waals surface area (Å²) >= 11 is 1.19. The standard InChI is InChI=1S/C25H23F2N7O2S/c1-32-8-6-19(7-9-32)34-13-17(12-29-34)15-3-5-20-21(10-15)37-25(35)33(20)14-18-4-2-16(11-28-18)23-30-31-24(36-23)22(26)27/h2-5,10-13,19,22H,6-9,14H2,1H3. The fraction of sp³-hybridized carbons (Fsp3) is 0.320. The van der Waals surface area contributed by atoms with Gasteiger partial charge in [0.1, 0.15) is 0 Å². The monoisotopic (exact) mass is 523 g/mol. The van der Waals surface area contributed by atoms with Crippen LogP contribution in [0.4, 0.5) is 8.78 Å². The van der Waals surface area contributed by atoms with Gasteiger partial charge in [-0.1, -0.05) is 17.4 Å². The van der Waals surface area contributed by atoms with Crippen LogP contribution in [-0.2, 0) is 6.54 Å². The number of benzene rings is 1. The van der Waals surface area contributed by atoms with Crippen LogP contribution < -0.4 is 4.87 Å². The summed E-state index contributed by atoms with van der Waals surface area (Å²) < 4.78 is 35.0. The van der Waals surface area contributed by atoms with E-state index in [1.165, 1.54) is 17.5 Å². The van der Waals surface area contributed by atoms with E-state index < -0.39 is 12.3 Å². The predicted octanol–water partition coefficient (Wildman–Crippen LogP) is 4.62. The molecule has 0 saturated carbocycles. The van der Waals surface area contributed by atoms with E-state index in [1.54, 1.807) is 16.7 Å². The molecule has 37 heavy (non-hydrogen) atoms. The summed E-state index contributed by atoms with van der Waals surface area (Å²) in [4.78, 5) is 19.4. The highest BCUT2D eigenvalue weighted by Gasteiger charge is 2.20. The molecule has 0 atom stereocenters. The number of hydrogen-bond acceptors (Lipinski definition) is 8. The lowest BCUT2D eigenvalue weighted by Gasteiger charge is -2.28. The quantitative estimate of drug-likeness (QED) is 0.320. The Morgan fingerprint density at radius 3 is 2.62 bits per heavy atom. The Morgan fingerprint density at radius 1 is 1.08 bits per heavy atom. The lowest BCUT2D eigenvalue weighted by Crippen LogP contribution is -2.31. The normalized spacial score (nSPS) is 15.2. The number of rotatable bonds is 6. The van der Waals surface area contributed by atoms with Crippen LogP contribution in [0.25, 0.3) is 32.8 Å².